The van der Waals surface area contributed by atoms with Crippen LogP contribution in [0.3, 0.4) is 0 Å². The summed E-state index contributed by atoms with van der Waals surface area (Å²) >= 11 is 3.60. The van der Waals surface area contributed by atoms with Crippen molar-refractivity contribution in [2.45, 2.75) is 45.2 Å². The smallest absolute Gasteiger partial charge is 0.0401 e. The summed E-state index contributed by atoms with van der Waals surface area (Å²) in [6.45, 7) is 10.0. The number of nitrogens with zero attached hydrogens (tertiary/aromatic N) is 2. The highest BCUT2D eigenvalue weighted by molar-refractivity contribution is 9.10. The van der Waals surface area contributed by atoms with Gasteiger partial charge in [-0.15, -0.1) is 0 Å². The van der Waals surface area contributed by atoms with E-state index in [2.05, 4.69) is 71.7 Å². The van der Waals surface area contributed by atoms with Crippen molar-refractivity contribution >= 4 is 21.6 Å². The van der Waals surface area contributed by atoms with Gasteiger partial charge < -0.3 is 10.6 Å². The number of likely N-dealkylation sites (N-methyl/N-ethyl adjacent to an activating group) is 1. The molecule has 4 heteroatoms. The summed E-state index contributed by atoms with van der Waals surface area (Å²) in [6.07, 6.45) is 1.96. The van der Waals surface area contributed by atoms with Crippen LogP contribution in [0, 0.1) is 0 Å². The number of hydrogen-bond acceptors (Lipinski definition) is 3. The molecule has 0 spiro atoms. The average Bonchev–Trinajstić information content (AvgIpc) is 2.42. The largest absolute Gasteiger partial charge is 0.368 e. The van der Waals surface area contributed by atoms with E-state index in [0.717, 1.165) is 36.9 Å². The Morgan fingerprint density at radius 3 is 2.67 bits per heavy atom. The standard InChI is InChI=1S/C17H28BrN3/c1-5-15(19)11-13-10-14(18)6-7-16(13)21-9-8-20(4)17(2,3)12-21/h6-7,10,15H,5,8-9,11-12,19H2,1-4H3. The van der Waals surface area contributed by atoms with E-state index in [-0.39, 0.29) is 11.6 Å². The minimum absolute atomic E-state index is 0.204. The first-order valence-corrected chi connectivity index (χ1v) is 8.63. The van der Waals surface area contributed by atoms with Crippen LogP contribution in [0.4, 0.5) is 5.69 Å². The van der Waals surface area contributed by atoms with Gasteiger partial charge in [0.2, 0.25) is 0 Å². The molecule has 0 aliphatic carbocycles. The Bertz CT molecular complexity index is 487. The summed E-state index contributed by atoms with van der Waals surface area (Å²) < 4.78 is 1.14. The molecule has 0 saturated carbocycles. The summed E-state index contributed by atoms with van der Waals surface area (Å²) in [5, 5.41) is 0. The molecule has 3 nitrogen and oxygen atoms in total. The van der Waals surface area contributed by atoms with Crippen LogP contribution in [-0.2, 0) is 6.42 Å². The van der Waals surface area contributed by atoms with Crippen LogP contribution in [0.25, 0.3) is 0 Å². The highest BCUT2D eigenvalue weighted by atomic mass is 79.9. The topological polar surface area (TPSA) is 32.5 Å². The van der Waals surface area contributed by atoms with Crippen molar-refractivity contribution in [1.29, 1.82) is 0 Å². The Kier molecular flexibility index (Phi) is 5.33. The van der Waals surface area contributed by atoms with E-state index in [0.29, 0.717) is 0 Å². The van der Waals surface area contributed by atoms with Crippen molar-refractivity contribution in [2.75, 3.05) is 31.6 Å². The fraction of sp³-hybridized carbons (Fsp3) is 0.647. The first kappa shape index (κ1) is 16.8. The van der Waals surface area contributed by atoms with Crippen LogP contribution >= 0.6 is 15.9 Å². The van der Waals surface area contributed by atoms with Gasteiger partial charge in [-0.3, -0.25) is 4.90 Å². The van der Waals surface area contributed by atoms with Gasteiger partial charge in [0.15, 0.2) is 0 Å². The van der Waals surface area contributed by atoms with Crippen LogP contribution in [0.2, 0.25) is 0 Å². The molecule has 1 heterocycles. The SMILES string of the molecule is CCC(N)Cc1cc(Br)ccc1N1CCN(C)C(C)(C)C1. The van der Waals surface area contributed by atoms with E-state index < -0.39 is 0 Å². The molecular formula is C17H28BrN3. The van der Waals surface area contributed by atoms with Crippen molar-refractivity contribution in [3.05, 3.63) is 28.2 Å². The molecule has 1 aromatic rings. The number of benzene rings is 1. The van der Waals surface area contributed by atoms with Gasteiger partial charge in [-0.1, -0.05) is 22.9 Å². The molecule has 1 aliphatic rings. The van der Waals surface area contributed by atoms with Crippen LogP contribution in [-0.4, -0.2) is 43.2 Å². The Labute approximate surface area is 137 Å². The van der Waals surface area contributed by atoms with E-state index in [1.807, 2.05) is 0 Å². The third-order valence-electron chi connectivity index (χ3n) is 4.71. The molecule has 21 heavy (non-hydrogen) atoms. The summed E-state index contributed by atoms with van der Waals surface area (Å²) in [5.41, 5.74) is 9.10. The maximum atomic E-state index is 6.19. The van der Waals surface area contributed by atoms with Crippen LogP contribution in [0.5, 0.6) is 0 Å². The lowest BCUT2D eigenvalue weighted by Gasteiger charge is -2.46. The summed E-state index contributed by atoms with van der Waals surface area (Å²) in [7, 11) is 2.22. The first-order chi connectivity index (χ1) is 9.83. The molecule has 1 saturated heterocycles. The van der Waals surface area contributed by atoms with Gasteiger partial charge in [0.05, 0.1) is 0 Å². The second-order valence-electron chi connectivity index (χ2n) is 6.80. The summed E-state index contributed by atoms with van der Waals surface area (Å²) in [5.74, 6) is 0. The molecule has 118 valence electrons. The molecule has 0 aromatic heterocycles. The van der Waals surface area contributed by atoms with Gasteiger partial charge in [-0.25, -0.2) is 0 Å². The molecule has 1 unspecified atom stereocenters. The van der Waals surface area contributed by atoms with Crippen LogP contribution in [0.15, 0.2) is 22.7 Å². The van der Waals surface area contributed by atoms with E-state index in [4.69, 9.17) is 5.73 Å². The van der Waals surface area contributed by atoms with Gasteiger partial charge in [0, 0.05) is 41.4 Å². The maximum absolute atomic E-state index is 6.19. The Morgan fingerprint density at radius 1 is 1.33 bits per heavy atom. The molecule has 0 amide bonds. The van der Waals surface area contributed by atoms with Gasteiger partial charge in [-0.2, -0.15) is 0 Å². The van der Waals surface area contributed by atoms with Crippen molar-refractivity contribution in [3.63, 3.8) is 0 Å². The third kappa shape index (κ3) is 3.99. The molecule has 2 rings (SSSR count). The monoisotopic (exact) mass is 353 g/mol. The fourth-order valence-electron chi connectivity index (χ4n) is 2.90. The second-order valence-corrected chi connectivity index (χ2v) is 7.72. The molecule has 0 radical (unpaired) electrons. The highest BCUT2D eigenvalue weighted by Crippen LogP contribution is 2.30. The molecular weight excluding hydrogens is 326 g/mol. The summed E-state index contributed by atoms with van der Waals surface area (Å²) in [4.78, 5) is 4.96. The number of nitrogens with two attached hydrogens (primary N) is 1. The second kappa shape index (κ2) is 6.67. The van der Waals surface area contributed by atoms with Crippen LogP contribution < -0.4 is 10.6 Å². The Hall–Kier alpha value is -0.580. The van der Waals surface area contributed by atoms with Crippen molar-refractivity contribution < 1.29 is 0 Å². The number of piperazine rings is 1. The predicted octanol–water partition coefficient (Wildman–Crippen LogP) is 3.26. The lowest BCUT2D eigenvalue weighted by atomic mass is 9.97. The Morgan fingerprint density at radius 2 is 2.05 bits per heavy atom. The van der Waals surface area contributed by atoms with E-state index in [1.54, 1.807) is 0 Å². The Balaban J connectivity index is 2.26. The zero-order chi connectivity index (χ0) is 15.6. The van der Waals surface area contributed by atoms with E-state index >= 15 is 0 Å². The number of anilines is 1. The van der Waals surface area contributed by atoms with Gasteiger partial charge in [-0.05, 0) is 57.5 Å². The molecule has 1 aromatic carbocycles. The number of hydrogen-bond donors (Lipinski definition) is 1. The molecule has 1 aliphatic heterocycles. The van der Waals surface area contributed by atoms with E-state index in [1.165, 1.54) is 11.3 Å². The lowest BCUT2D eigenvalue weighted by molar-refractivity contribution is 0.139. The number of halogens is 1. The van der Waals surface area contributed by atoms with E-state index in [9.17, 15) is 0 Å². The zero-order valence-corrected chi connectivity index (χ0v) is 15.3. The highest BCUT2D eigenvalue weighted by Gasteiger charge is 2.31. The molecule has 1 fully saturated rings. The molecule has 2 N–H and O–H groups in total. The van der Waals surface area contributed by atoms with Gasteiger partial charge in [0.1, 0.15) is 0 Å². The minimum atomic E-state index is 0.204. The van der Waals surface area contributed by atoms with Gasteiger partial charge >= 0.3 is 0 Å². The fourth-order valence-corrected chi connectivity index (χ4v) is 3.31. The zero-order valence-electron chi connectivity index (χ0n) is 13.7. The molecule has 1 atom stereocenters. The van der Waals surface area contributed by atoms with Gasteiger partial charge in [0.25, 0.3) is 0 Å². The normalized spacial score (nSPS) is 20.6. The molecule has 0 bridgehead atoms. The maximum Gasteiger partial charge on any atom is 0.0401 e. The van der Waals surface area contributed by atoms with Crippen molar-refractivity contribution in [1.82, 2.24) is 4.90 Å². The number of rotatable bonds is 4. The third-order valence-corrected chi connectivity index (χ3v) is 5.20. The quantitative estimate of drug-likeness (QED) is 0.901. The van der Waals surface area contributed by atoms with Crippen molar-refractivity contribution in [2.24, 2.45) is 5.73 Å². The average molecular weight is 354 g/mol. The van der Waals surface area contributed by atoms with Crippen molar-refractivity contribution in [3.8, 4) is 0 Å². The predicted molar refractivity (Wildman–Crippen MR) is 95.0 cm³/mol. The first-order valence-electron chi connectivity index (χ1n) is 7.83. The summed E-state index contributed by atoms with van der Waals surface area (Å²) in [6, 6.07) is 6.85. The van der Waals surface area contributed by atoms with Crippen LogP contribution in [0.1, 0.15) is 32.8 Å². The lowest BCUT2D eigenvalue weighted by Crippen LogP contribution is -2.57. The minimum Gasteiger partial charge on any atom is -0.368 e.